The van der Waals surface area contributed by atoms with Gasteiger partial charge in [-0.1, -0.05) is 13.0 Å². The number of carbonyl (C=O) groups is 2. The number of ether oxygens (including phenoxy) is 1. The highest BCUT2D eigenvalue weighted by molar-refractivity contribution is 5.93. The highest BCUT2D eigenvalue weighted by Crippen LogP contribution is 2.48. The molecule has 4 aromatic rings. The lowest BCUT2D eigenvalue weighted by Gasteiger charge is -2.34. The number of aryl methyl sites for hydroxylation is 1. The lowest BCUT2D eigenvalue weighted by molar-refractivity contribution is -0.142. The molecule has 4 heterocycles. The molecule has 8 nitrogen and oxygen atoms in total. The zero-order valence-electron chi connectivity index (χ0n) is 21.0. The molecule has 3 atom stereocenters. The van der Waals surface area contributed by atoms with Crippen LogP contribution in [0.5, 0.6) is 0 Å². The molecule has 1 aliphatic heterocycles. The van der Waals surface area contributed by atoms with Gasteiger partial charge in [-0.15, -0.1) is 0 Å². The third kappa shape index (κ3) is 3.89. The third-order valence-corrected chi connectivity index (χ3v) is 7.68. The van der Waals surface area contributed by atoms with Gasteiger partial charge in [0.05, 0.1) is 24.8 Å². The first-order valence-electron chi connectivity index (χ1n) is 12.6. The molecule has 0 N–H and O–H groups in total. The number of nitrogens with zero attached hydrogens (tertiary/aromatic N) is 5. The van der Waals surface area contributed by atoms with E-state index in [2.05, 4.69) is 14.6 Å². The molecule has 1 saturated carbocycles. The molecule has 3 aromatic heterocycles. The first-order chi connectivity index (χ1) is 17.9. The summed E-state index contributed by atoms with van der Waals surface area (Å²) >= 11 is 0. The van der Waals surface area contributed by atoms with E-state index in [0.717, 1.165) is 23.5 Å². The first-order valence-corrected chi connectivity index (χ1v) is 12.6. The number of amides is 1. The monoisotopic (exact) mass is 501 g/mol. The van der Waals surface area contributed by atoms with Gasteiger partial charge in [0.15, 0.2) is 5.65 Å². The van der Waals surface area contributed by atoms with Crippen LogP contribution >= 0.6 is 0 Å². The largest absolute Gasteiger partial charge is 0.469 e. The summed E-state index contributed by atoms with van der Waals surface area (Å²) in [6, 6.07) is 12.5. The number of esters is 1. The Morgan fingerprint density at radius 3 is 2.76 bits per heavy atom. The smallest absolute Gasteiger partial charge is 0.309 e. The quantitative estimate of drug-likeness (QED) is 0.379. The van der Waals surface area contributed by atoms with Crippen molar-refractivity contribution in [2.45, 2.75) is 45.2 Å². The number of hydrogen-bond acceptors (Lipinski definition) is 5. The van der Waals surface area contributed by atoms with Gasteiger partial charge in [0.2, 0.25) is 0 Å². The lowest BCUT2D eigenvalue weighted by atomic mass is 10.0. The molecular weight excluding hydrogens is 473 g/mol. The van der Waals surface area contributed by atoms with Crippen LogP contribution in [0.25, 0.3) is 16.9 Å². The second-order valence-corrected chi connectivity index (χ2v) is 9.80. The molecule has 6 rings (SSSR count). The number of halogens is 1. The van der Waals surface area contributed by atoms with Crippen LogP contribution in [0.4, 0.5) is 4.39 Å². The molecule has 1 aromatic carbocycles. The van der Waals surface area contributed by atoms with Gasteiger partial charge in [0.25, 0.3) is 5.91 Å². The van der Waals surface area contributed by atoms with Crippen molar-refractivity contribution in [1.29, 1.82) is 0 Å². The Bertz CT molecular complexity index is 1540. The summed E-state index contributed by atoms with van der Waals surface area (Å²) in [6.07, 6.45) is 3.34. The number of methoxy groups -OCH3 is 1. The van der Waals surface area contributed by atoms with Crippen LogP contribution in [0.2, 0.25) is 0 Å². The summed E-state index contributed by atoms with van der Waals surface area (Å²) in [4.78, 5) is 31.8. The van der Waals surface area contributed by atoms with Crippen molar-refractivity contribution >= 4 is 17.5 Å². The molecule has 2 aliphatic rings. The van der Waals surface area contributed by atoms with Gasteiger partial charge in [0.1, 0.15) is 11.5 Å². The number of benzene rings is 1. The van der Waals surface area contributed by atoms with Crippen LogP contribution in [0.15, 0.2) is 48.7 Å². The van der Waals surface area contributed by atoms with E-state index in [1.807, 2.05) is 43.1 Å². The van der Waals surface area contributed by atoms with E-state index in [4.69, 9.17) is 4.74 Å². The topological polar surface area (TPSA) is 81.7 Å². The molecule has 0 bridgehead atoms. The summed E-state index contributed by atoms with van der Waals surface area (Å²) in [5.41, 5.74) is 4.37. The molecule has 190 valence electrons. The Labute approximate surface area is 213 Å². The maximum atomic E-state index is 15.2. The van der Waals surface area contributed by atoms with E-state index in [1.54, 1.807) is 22.7 Å². The molecule has 1 fully saturated rings. The van der Waals surface area contributed by atoms with Crippen molar-refractivity contribution in [3.8, 4) is 11.3 Å². The maximum Gasteiger partial charge on any atom is 0.309 e. The number of carbonyl (C=O) groups excluding carboxylic acids is 2. The van der Waals surface area contributed by atoms with E-state index < -0.39 is 5.82 Å². The van der Waals surface area contributed by atoms with E-state index in [1.165, 1.54) is 13.2 Å². The second kappa shape index (κ2) is 8.83. The fraction of sp³-hybridized carbons (Fsp3) is 0.357. The Kier molecular flexibility index (Phi) is 5.58. The minimum Gasteiger partial charge on any atom is -0.469 e. The fourth-order valence-corrected chi connectivity index (χ4v) is 5.48. The molecule has 1 amide bonds. The average molecular weight is 502 g/mol. The summed E-state index contributed by atoms with van der Waals surface area (Å²) in [5, 5.41) is 4.62. The highest BCUT2D eigenvalue weighted by Gasteiger charge is 2.45. The van der Waals surface area contributed by atoms with Crippen LogP contribution in [0.1, 0.15) is 59.7 Å². The van der Waals surface area contributed by atoms with E-state index in [9.17, 15) is 9.59 Å². The maximum absolute atomic E-state index is 15.2. The van der Waals surface area contributed by atoms with Crippen LogP contribution in [-0.4, -0.2) is 49.6 Å². The Balaban J connectivity index is 1.31. The summed E-state index contributed by atoms with van der Waals surface area (Å²) < 4.78 is 23.8. The van der Waals surface area contributed by atoms with Crippen LogP contribution in [-0.2, 0) is 22.5 Å². The van der Waals surface area contributed by atoms with Crippen molar-refractivity contribution < 1.29 is 18.7 Å². The summed E-state index contributed by atoms with van der Waals surface area (Å²) in [5.74, 6) is -1.01. The number of hydrogen-bond donors (Lipinski definition) is 0. The molecule has 0 spiro atoms. The van der Waals surface area contributed by atoms with Crippen molar-refractivity contribution in [1.82, 2.24) is 24.1 Å². The number of aromatic nitrogens is 4. The van der Waals surface area contributed by atoms with E-state index in [0.29, 0.717) is 42.0 Å². The fourth-order valence-electron chi connectivity index (χ4n) is 5.48. The average Bonchev–Trinajstić information content (AvgIpc) is 3.34. The van der Waals surface area contributed by atoms with Crippen molar-refractivity contribution in [3.05, 3.63) is 77.1 Å². The predicted octanol–water partition coefficient (Wildman–Crippen LogP) is 4.39. The summed E-state index contributed by atoms with van der Waals surface area (Å²) in [7, 11) is 1.37. The van der Waals surface area contributed by atoms with Crippen LogP contribution < -0.4 is 0 Å². The zero-order chi connectivity index (χ0) is 25.8. The SMILES string of the molecule is CCc1cc(C(=O)N2CCn3cccc3C2C)nc2cc(-c3ccc(C4C[C@@H]4C(=O)OC)cc3F)nn12. The Hall–Kier alpha value is -4.01. The van der Waals surface area contributed by atoms with E-state index >= 15 is 4.39 Å². The minimum atomic E-state index is -0.407. The highest BCUT2D eigenvalue weighted by atomic mass is 19.1. The molecule has 1 aliphatic carbocycles. The first kappa shape index (κ1) is 23.4. The lowest BCUT2D eigenvalue weighted by Crippen LogP contribution is -2.41. The Morgan fingerprint density at radius 2 is 2.00 bits per heavy atom. The molecule has 0 radical (unpaired) electrons. The Morgan fingerprint density at radius 1 is 1.16 bits per heavy atom. The predicted molar refractivity (Wildman–Crippen MR) is 135 cm³/mol. The van der Waals surface area contributed by atoms with Gasteiger partial charge in [0, 0.05) is 42.3 Å². The van der Waals surface area contributed by atoms with Gasteiger partial charge < -0.3 is 14.2 Å². The van der Waals surface area contributed by atoms with Crippen molar-refractivity contribution in [3.63, 3.8) is 0 Å². The van der Waals surface area contributed by atoms with Gasteiger partial charge in [-0.05, 0) is 61.6 Å². The van der Waals surface area contributed by atoms with Gasteiger partial charge in [-0.3, -0.25) is 9.59 Å². The van der Waals surface area contributed by atoms with Crippen molar-refractivity contribution in [2.75, 3.05) is 13.7 Å². The zero-order valence-corrected chi connectivity index (χ0v) is 21.0. The second-order valence-electron chi connectivity index (χ2n) is 9.80. The molecule has 2 unspecified atom stereocenters. The van der Waals surface area contributed by atoms with Crippen LogP contribution in [0.3, 0.4) is 0 Å². The minimum absolute atomic E-state index is 0.0148. The molecule has 9 heteroatoms. The van der Waals surface area contributed by atoms with Gasteiger partial charge in [-0.25, -0.2) is 13.9 Å². The number of rotatable bonds is 5. The normalized spacial score (nSPS) is 20.6. The third-order valence-electron chi connectivity index (χ3n) is 7.68. The van der Waals surface area contributed by atoms with Crippen molar-refractivity contribution in [2.24, 2.45) is 5.92 Å². The standard InChI is InChI=1S/C28H28FN5O3/c1-4-18-13-24(27(35)33-11-10-32-9-5-6-25(32)16(33)2)30-26-15-23(31-34(18)26)19-8-7-17(12-22(19)29)20-14-21(20)28(36)37-3/h5-9,12-13,15-16,20-21H,4,10-11,14H2,1-3H3/t16?,20?,21-/m0/s1. The van der Waals surface area contributed by atoms with Gasteiger partial charge >= 0.3 is 5.97 Å². The number of fused-ring (bicyclic) bond motifs is 2. The van der Waals surface area contributed by atoms with Gasteiger partial charge in [-0.2, -0.15) is 5.10 Å². The molecule has 37 heavy (non-hydrogen) atoms. The van der Waals surface area contributed by atoms with E-state index in [-0.39, 0.29) is 29.8 Å². The summed E-state index contributed by atoms with van der Waals surface area (Å²) in [6.45, 7) is 5.37. The van der Waals surface area contributed by atoms with Crippen LogP contribution in [0, 0.1) is 11.7 Å². The molecule has 0 saturated heterocycles. The molecular formula is C28H28FN5O3.